The predicted octanol–water partition coefficient (Wildman–Crippen LogP) is 2.01. The third-order valence-electron chi connectivity index (χ3n) is 2.87. The van der Waals surface area contributed by atoms with Crippen LogP contribution in [-0.2, 0) is 0 Å². The maximum absolute atomic E-state index is 11.8. The summed E-state index contributed by atoms with van der Waals surface area (Å²) in [6, 6.07) is 0.521. The smallest absolute Gasteiger partial charge is 0.316 e. The van der Waals surface area contributed by atoms with Gasteiger partial charge in [-0.25, -0.2) is 0 Å². The van der Waals surface area contributed by atoms with E-state index in [9.17, 15) is 13.2 Å². The summed E-state index contributed by atoms with van der Waals surface area (Å²) in [5, 5.41) is 3.19. The number of alkyl halides is 3. The van der Waals surface area contributed by atoms with Crippen LogP contribution < -0.4 is 5.32 Å². The summed E-state index contributed by atoms with van der Waals surface area (Å²) in [6.45, 7) is 2.79. The molecule has 1 fully saturated rings. The van der Waals surface area contributed by atoms with Gasteiger partial charge in [-0.05, 0) is 39.4 Å². The molecule has 0 bridgehead atoms. The molecule has 5 heteroatoms. The van der Waals surface area contributed by atoms with Gasteiger partial charge in [0, 0.05) is 19.0 Å². The molecule has 15 heavy (non-hydrogen) atoms. The lowest BCUT2D eigenvalue weighted by Crippen LogP contribution is -2.30. The largest absolute Gasteiger partial charge is 0.389 e. The minimum Gasteiger partial charge on any atom is -0.316 e. The lowest BCUT2D eigenvalue weighted by atomic mass is 10.2. The van der Waals surface area contributed by atoms with Gasteiger partial charge in [0.05, 0.1) is 0 Å². The Hall–Kier alpha value is -0.290. The molecule has 1 aliphatic rings. The van der Waals surface area contributed by atoms with Crippen LogP contribution in [0.3, 0.4) is 0 Å². The fourth-order valence-electron chi connectivity index (χ4n) is 1.93. The Balaban J connectivity index is 2.02. The standard InChI is InChI=1S/C10H19F3N2/c1-14-9-4-7-15(8-9)6-3-2-5-10(11,12)13/h9,14H,2-8H2,1H3. The Morgan fingerprint density at radius 1 is 1.33 bits per heavy atom. The van der Waals surface area contributed by atoms with Crippen molar-refractivity contribution in [2.24, 2.45) is 0 Å². The third-order valence-corrected chi connectivity index (χ3v) is 2.87. The predicted molar refractivity (Wildman–Crippen MR) is 53.8 cm³/mol. The van der Waals surface area contributed by atoms with Gasteiger partial charge in [0.25, 0.3) is 0 Å². The topological polar surface area (TPSA) is 15.3 Å². The summed E-state index contributed by atoms with van der Waals surface area (Å²) in [6.07, 6.45) is -2.62. The van der Waals surface area contributed by atoms with Gasteiger partial charge in [0.2, 0.25) is 0 Å². The van der Waals surface area contributed by atoms with Crippen LogP contribution in [0.2, 0.25) is 0 Å². The molecular weight excluding hydrogens is 205 g/mol. The van der Waals surface area contributed by atoms with Gasteiger partial charge < -0.3 is 10.2 Å². The quantitative estimate of drug-likeness (QED) is 0.719. The molecule has 90 valence electrons. The molecule has 1 atom stereocenters. The zero-order chi connectivity index (χ0) is 11.3. The number of hydrogen-bond donors (Lipinski definition) is 1. The summed E-state index contributed by atoms with van der Waals surface area (Å²) in [5.41, 5.74) is 0. The fourth-order valence-corrected chi connectivity index (χ4v) is 1.93. The van der Waals surface area contributed by atoms with Gasteiger partial charge >= 0.3 is 6.18 Å². The van der Waals surface area contributed by atoms with Crippen LogP contribution in [-0.4, -0.2) is 43.8 Å². The molecule has 1 saturated heterocycles. The van der Waals surface area contributed by atoms with E-state index in [0.29, 0.717) is 12.5 Å². The Morgan fingerprint density at radius 2 is 2.07 bits per heavy atom. The lowest BCUT2D eigenvalue weighted by Gasteiger charge is -2.15. The van der Waals surface area contributed by atoms with E-state index in [2.05, 4.69) is 10.2 Å². The molecule has 1 unspecified atom stereocenters. The van der Waals surface area contributed by atoms with Crippen LogP contribution in [0.4, 0.5) is 13.2 Å². The van der Waals surface area contributed by atoms with Crippen LogP contribution in [0, 0.1) is 0 Å². The minimum atomic E-state index is -3.99. The summed E-state index contributed by atoms with van der Waals surface area (Å²) in [5.74, 6) is 0. The Morgan fingerprint density at radius 3 is 2.60 bits per heavy atom. The zero-order valence-corrected chi connectivity index (χ0v) is 9.11. The van der Waals surface area contributed by atoms with E-state index in [1.807, 2.05) is 7.05 Å². The second-order valence-electron chi connectivity index (χ2n) is 4.15. The first-order chi connectivity index (χ1) is 7.01. The van der Waals surface area contributed by atoms with E-state index in [4.69, 9.17) is 0 Å². The lowest BCUT2D eigenvalue weighted by molar-refractivity contribution is -0.135. The number of halogens is 3. The summed E-state index contributed by atoms with van der Waals surface area (Å²) in [7, 11) is 1.93. The third kappa shape index (κ3) is 5.37. The highest BCUT2D eigenvalue weighted by Gasteiger charge is 2.26. The normalized spacial score (nSPS) is 23.6. The van der Waals surface area contributed by atoms with Crippen molar-refractivity contribution in [1.82, 2.24) is 10.2 Å². The van der Waals surface area contributed by atoms with Gasteiger partial charge in [-0.2, -0.15) is 13.2 Å². The summed E-state index contributed by atoms with van der Waals surface area (Å²) >= 11 is 0. The Labute approximate surface area is 88.8 Å². The fraction of sp³-hybridized carbons (Fsp3) is 1.00. The monoisotopic (exact) mass is 224 g/mol. The van der Waals surface area contributed by atoms with E-state index < -0.39 is 12.6 Å². The summed E-state index contributed by atoms with van der Waals surface area (Å²) < 4.78 is 35.5. The van der Waals surface area contributed by atoms with E-state index in [1.165, 1.54) is 0 Å². The first-order valence-electron chi connectivity index (χ1n) is 5.47. The van der Waals surface area contributed by atoms with Crippen molar-refractivity contribution in [3.05, 3.63) is 0 Å². The van der Waals surface area contributed by atoms with Gasteiger partial charge in [-0.1, -0.05) is 0 Å². The van der Waals surface area contributed by atoms with Gasteiger partial charge in [0.1, 0.15) is 0 Å². The van der Waals surface area contributed by atoms with Gasteiger partial charge in [0.15, 0.2) is 0 Å². The van der Waals surface area contributed by atoms with Gasteiger partial charge in [-0.15, -0.1) is 0 Å². The van der Waals surface area contributed by atoms with Crippen LogP contribution in [0.25, 0.3) is 0 Å². The van der Waals surface area contributed by atoms with Crippen molar-refractivity contribution >= 4 is 0 Å². The molecule has 1 N–H and O–H groups in total. The number of likely N-dealkylation sites (N-methyl/N-ethyl adjacent to an activating group) is 1. The first kappa shape index (κ1) is 12.8. The molecule has 0 spiro atoms. The number of likely N-dealkylation sites (tertiary alicyclic amines) is 1. The molecule has 1 heterocycles. The van der Waals surface area contributed by atoms with E-state index in [0.717, 1.165) is 26.1 Å². The highest BCUT2D eigenvalue weighted by molar-refractivity contribution is 4.79. The first-order valence-corrected chi connectivity index (χ1v) is 5.47. The molecular formula is C10H19F3N2. The number of nitrogens with zero attached hydrogens (tertiary/aromatic N) is 1. The second-order valence-corrected chi connectivity index (χ2v) is 4.15. The Kier molecular flexibility index (Phi) is 4.86. The summed E-state index contributed by atoms with van der Waals surface area (Å²) in [4.78, 5) is 2.23. The molecule has 0 aromatic rings. The van der Waals surface area contributed by atoms with Gasteiger partial charge in [-0.3, -0.25) is 0 Å². The number of rotatable bonds is 5. The second kappa shape index (κ2) is 5.70. The minimum absolute atomic E-state index is 0.254. The maximum atomic E-state index is 11.8. The molecule has 0 saturated carbocycles. The molecule has 0 amide bonds. The van der Waals surface area contributed by atoms with Crippen molar-refractivity contribution in [3.8, 4) is 0 Å². The zero-order valence-electron chi connectivity index (χ0n) is 9.11. The van der Waals surface area contributed by atoms with Crippen molar-refractivity contribution in [1.29, 1.82) is 0 Å². The highest BCUT2D eigenvalue weighted by atomic mass is 19.4. The number of hydrogen-bond acceptors (Lipinski definition) is 2. The van der Waals surface area contributed by atoms with E-state index >= 15 is 0 Å². The molecule has 1 aliphatic heterocycles. The Bertz CT molecular complexity index is 182. The van der Waals surface area contributed by atoms with Crippen LogP contribution >= 0.6 is 0 Å². The van der Waals surface area contributed by atoms with E-state index in [-0.39, 0.29) is 6.42 Å². The van der Waals surface area contributed by atoms with Crippen molar-refractivity contribution < 1.29 is 13.2 Å². The average Bonchev–Trinajstić information content (AvgIpc) is 2.59. The molecule has 0 aromatic carbocycles. The van der Waals surface area contributed by atoms with Crippen LogP contribution in [0.15, 0.2) is 0 Å². The van der Waals surface area contributed by atoms with Crippen molar-refractivity contribution in [2.45, 2.75) is 37.9 Å². The SMILES string of the molecule is CNC1CCN(CCCCC(F)(F)F)C1. The molecule has 0 aromatic heterocycles. The van der Waals surface area contributed by atoms with E-state index in [1.54, 1.807) is 0 Å². The van der Waals surface area contributed by atoms with Crippen molar-refractivity contribution in [2.75, 3.05) is 26.7 Å². The number of unbranched alkanes of at least 4 members (excludes halogenated alkanes) is 1. The highest BCUT2D eigenvalue weighted by Crippen LogP contribution is 2.22. The molecule has 2 nitrogen and oxygen atoms in total. The average molecular weight is 224 g/mol. The number of nitrogens with one attached hydrogen (secondary N) is 1. The maximum Gasteiger partial charge on any atom is 0.389 e. The molecule has 1 rings (SSSR count). The van der Waals surface area contributed by atoms with Crippen molar-refractivity contribution in [3.63, 3.8) is 0 Å². The van der Waals surface area contributed by atoms with Crippen LogP contribution in [0.1, 0.15) is 25.7 Å². The molecule has 0 radical (unpaired) electrons. The molecule has 0 aliphatic carbocycles. The van der Waals surface area contributed by atoms with Crippen LogP contribution in [0.5, 0.6) is 0 Å².